The molecular formula is C18H21N3O2. The predicted octanol–water partition coefficient (Wildman–Crippen LogP) is 2.52. The molecule has 120 valence electrons. The van der Waals surface area contributed by atoms with Crippen molar-refractivity contribution in [3.8, 4) is 0 Å². The van der Waals surface area contributed by atoms with Crippen LogP contribution in [0.4, 0.5) is 0 Å². The Labute approximate surface area is 135 Å². The fourth-order valence-electron chi connectivity index (χ4n) is 3.59. The molecule has 2 aliphatic heterocycles. The Hall–Kier alpha value is -2.14. The lowest BCUT2D eigenvalue weighted by Crippen LogP contribution is -2.33. The Morgan fingerprint density at radius 2 is 2.04 bits per heavy atom. The van der Waals surface area contributed by atoms with Crippen molar-refractivity contribution in [2.45, 2.75) is 39.1 Å². The number of nitrogens with zero attached hydrogens (tertiary/aromatic N) is 3. The van der Waals surface area contributed by atoms with E-state index >= 15 is 0 Å². The van der Waals surface area contributed by atoms with Crippen LogP contribution in [0.3, 0.4) is 0 Å². The van der Waals surface area contributed by atoms with Crippen molar-refractivity contribution in [1.29, 1.82) is 0 Å². The molecule has 0 aliphatic carbocycles. The van der Waals surface area contributed by atoms with Crippen molar-refractivity contribution in [3.05, 3.63) is 53.3 Å². The molecule has 1 fully saturated rings. The second kappa shape index (κ2) is 5.81. The Morgan fingerprint density at radius 3 is 2.70 bits per heavy atom. The molecule has 0 N–H and O–H groups in total. The monoisotopic (exact) mass is 311 g/mol. The Bertz CT molecular complexity index is 700. The molecule has 0 radical (unpaired) electrons. The van der Waals surface area contributed by atoms with Gasteiger partial charge in [0.2, 0.25) is 5.91 Å². The number of aryl methyl sites for hydroxylation is 1. The van der Waals surface area contributed by atoms with E-state index in [1.165, 1.54) is 11.1 Å². The first-order chi connectivity index (χ1) is 11.3. The zero-order valence-corrected chi connectivity index (χ0v) is 13.3. The molecule has 0 saturated carbocycles. The van der Waals surface area contributed by atoms with Crippen molar-refractivity contribution < 1.29 is 9.53 Å². The summed E-state index contributed by atoms with van der Waals surface area (Å²) in [5, 5.41) is 4.31. The minimum Gasteiger partial charge on any atom is -0.373 e. The zero-order chi connectivity index (χ0) is 15.8. The van der Waals surface area contributed by atoms with E-state index in [0.717, 1.165) is 18.5 Å². The summed E-state index contributed by atoms with van der Waals surface area (Å²) in [5.41, 5.74) is 3.53. The minimum absolute atomic E-state index is 0.0983. The molecule has 1 saturated heterocycles. The average Bonchev–Trinajstić information content (AvgIpc) is 3.30. The second-order valence-corrected chi connectivity index (χ2v) is 6.28. The SMILES string of the molecule is CCn1cc([C@H]2OCC[C@@H]2C(=O)N2Cc3ccccc3C2)cn1. The predicted molar refractivity (Wildman–Crippen MR) is 85.4 cm³/mol. The first-order valence-corrected chi connectivity index (χ1v) is 8.26. The van der Waals surface area contributed by atoms with Gasteiger partial charge in [0.25, 0.3) is 0 Å². The molecule has 1 aromatic carbocycles. The third-order valence-electron chi connectivity index (χ3n) is 4.87. The van der Waals surface area contributed by atoms with Crippen LogP contribution >= 0.6 is 0 Å². The van der Waals surface area contributed by atoms with Crippen LogP contribution in [0.15, 0.2) is 36.7 Å². The highest BCUT2D eigenvalue weighted by atomic mass is 16.5. The molecular weight excluding hydrogens is 290 g/mol. The summed E-state index contributed by atoms with van der Waals surface area (Å²) >= 11 is 0. The highest BCUT2D eigenvalue weighted by molar-refractivity contribution is 5.80. The molecule has 3 heterocycles. The number of benzene rings is 1. The number of carbonyl (C=O) groups excluding carboxylic acids is 1. The van der Waals surface area contributed by atoms with Gasteiger partial charge in [-0.05, 0) is 24.5 Å². The molecule has 2 aromatic rings. The van der Waals surface area contributed by atoms with Gasteiger partial charge in [-0.1, -0.05) is 24.3 Å². The van der Waals surface area contributed by atoms with Crippen molar-refractivity contribution >= 4 is 5.91 Å². The quantitative estimate of drug-likeness (QED) is 0.875. The number of ether oxygens (including phenoxy) is 1. The van der Waals surface area contributed by atoms with Gasteiger partial charge < -0.3 is 9.64 Å². The van der Waals surface area contributed by atoms with E-state index in [9.17, 15) is 4.79 Å². The second-order valence-electron chi connectivity index (χ2n) is 6.28. The first-order valence-electron chi connectivity index (χ1n) is 8.26. The summed E-state index contributed by atoms with van der Waals surface area (Å²) in [6.07, 6.45) is 4.45. The van der Waals surface area contributed by atoms with Gasteiger partial charge in [-0.15, -0.1) is 0 Å². The fourth-order valence-corrected chi connectivity index (χ4v) is 3.59. The normalized spacial score (nSPS) is 23.3. The van der Waals surface area contributed by atoms with Crippen LogP contribution in [0, 0.1) is 5.92 Å². The largest absolute Gasteiger partial charge is 0.373 e. The smallest absolute Gasteiger partial charge is 0.229 e. The maximum absolute atomic E-state index is 13.0. The molecule has 0 unspecified atom stereocenters. The molecule has 0 bridgehead atoms. The van der Waals surface area contributed by atoms with E-state index in [0.29, 0.717) is 19.7 Å². The summed E-state index contributed by atoms with van der Waals surface area (Å²) in [7, 11) is 0. The highest BCUT2D eigenvalue weighted by Gasteiger charge is 2.39. The van der Waals surface area contributed by atoms with Gasteiger partial charge in [-0.3, -0.25) is 9.48 Å². The number of fused-ring (bicyclic) bond motifs is 1. The maximum atomic E-state index is 13.0. The van der Waals surface area contributed by atoms with Gasteiger partial charge in [0.1, 0.15) is 0 Å². The van der Waals surface area contributed by atoms with Gasteiger partial charge >= 0.3 is 0 Å². The van der Waals surface area contributed by atoms with E-state index in [1.807, 2.05) is 34.1 Å². The van der Waals surface area contributed by atoms with Crippen LogP contribution in [0.5, 0.6) is 0 Å². The summed E-state index contributed by atoms with van der Waals surface area (Å²) in [6, 6.07) is 8.29. The number of carbonyl (C=O) groups is 1. The summed E-state index contributed by atoms with van der Waals surface area (Å²) in [4.78, 5) is 15.0. The van der Waals surface area contributed by atoms with Crippen LogP contribution in [0.1, 0.15) is 36.1 Å². The maximum Gasteiger partial charge on any atom is 0.229 e. The highest BCUT2D eigenvalue weighted by Crippen LogP contribution is 2.37. The number of aromatic nitrogens is 2. The number of amides is 1. The van der Waals surface area contributed by atoms with E-state index in [4.69, 9.17) is 4.74 Å². The topological polar surface area (TPSA) is 47.4 Å². The number of rotatable bonds is 3. The van der Waals surface area contributed by atoms with Gasteiger partial charge in [-0.2, -0.15) is 5.10 Å². The molecule has 2 atom stereocenters. The zero-order valence-electron chi connectivity index (χ0n) is 13.3. The molecule has 0 spiro atoms. The summed E-state index contributed by atoms with van der Waals surface area (Å²) in [6.45, 7) is 4.95. The average molecular weight is 311 g/mol. The van der Waals surface area contributed by atoms with Crippen molar-refractivity contribution in [2.24, 2.45) is 5.92 Å². The van der Waals surface area contributed by atoms with Crippen molar-refractivity contribution in [3.63, 3.8) is 0 Å². The lowest BCUT2D eigenvalue weighted by molar-refractivity contribution is -0.138. The van der Waals surface area contributed by atoms with Gasteiger partial charge in [-0.25, -0.2) is 0 Å². The molecule has 2 aliphatic rings. The van der Waals surface area contributed by atoms with Crippen LogP contribution in [0.2, 0.25) is 0 Å². The minimum atomic E-state index is -0.161. The molecule has 23 heavy (non-hydrogen) atoms. The van der Waals surface area contributed by atoms with E-state index < -0.39 is 0 Å². The van der Waals surface area contributed by atoms with Crippen LogP contribution in [-0.4, -0.2) is 27.2 Å². The molecule has 5 heteroatoms. The first kappa shape index (κ1) is 14.5. The Balaban J connectivity index is 1.52. The number of hydrogen-bond donors (Lipinski definition) is 0. The molecule has 1 amide bonds. The Kier molecular flexibility index (Phi) is 3.65. The standard InChI is InChI=1S/C18H21N3O2/c1-2-21-12-15(9-19-21)17-16(7-8-23-17)18(22)20-10-13-5-3-4-6-14(13)11-20/h3-6,9,12,16-17H,2,7-8,10-11H2,1H3/t16-,17+/m0/s1. The summed E-state index contributed by atoms with van der Waals surface area (Å²) < 4.78 is 7.75. The molecule has 1 aromatic heterocycles. The van der Waals surface area contributed by atoms with Gasteiger partial charge in [0.05, 0.1) is 18.2 Å². The van der Waals surface area contributed by atoms with Crippen molar-refractivity contribution in [1.82, 2.24) is 14.7 Å². The van der Waals surface area contributed by atoms with Crippen molar-refractivity contribution in [2.75, 3.05) is 6.61 Å². The van der Waals surface area contributed by atoms with Crippen LogP contribution in [0.25, 0.3) is 0 Å². The summed E-state index contributed by atoms with van der Waals surface area (Å²) in [5.74, 6) is 0.103. The van der Waals surface area contributed by atoms with E-state index in [2.05, 4.69) is 24.2 Å². The van der Waals surface area contributed by atoms with E-state index in [1.54, 1.807) is 0 Å². The van der Waals surface area contributed by atoms with Gasteiger partial charge in [0, 0.05) is 38.0 Å². The molecule has 4 rings (SSSR count). The van der Waals surface area contributed by atoms with Gasteiger partial charge in [0.15, 0.2) is 0 Å². The lowest BCUT2D eigenvalue weighted by Gasteiger charge is -2.23. The van der Waals surface area contributed by atoms with Crippen LogP contribution in [-0.2, 0) is 29.2 Å². The third kappa shape index (κ3) is 2.55. The van der Waals surface area contributed by atoms with E-state index in [-0.39, 0.29) is 17.9 Å². The Morgan fingerprint density at radius 1 is 1.30 bits per heavy atom. The number of hydrogen-bond acceptors (Lipinski definition) is 3. The fraction of sp³-hybridized carbons (Fsp3) is 0.444. The molecule has 5 nitrogen and oxygen atoms in total. The van der Waals surface area contributed by atoms with Crippen LogP contribution < -0.4 is 0 Å². The lowest BCUT2D eigenvalue weighted by atomic mass is 9.96. The third-order valence-corrected chi connectivity index (χ3v) is 4.87.